The van der Waals surface area contributed by atoms with E-state index in [9.17, 15) is 9.90 Å². The molecule has 21 heavy (non-hydrogen) atoms. The Kier molecular flexibility index (Phi) is 5.22. The van der Waals surface area contributed by atoms with Crippen molar-refractivity contribution >= 4 is 51.3 Å². The molecule has 2 rings (SSSR count). The third kappa shape index (κ3) is 4.20. The molecule has 108 valence electrons. The number of nitrogens with one attached hydrogen (secondary N) is 1. The number of amides is 1. The lowest BCUT2D eigenvalue weighted by Crippen LogP contribution is -2.18. The molecule has 0 aliphatic rings. The zero-order valence-corrected chi connectivity index (χ0v) is 13.6. The fourth-order valence-corrected chi connectivity index (χ4v) is 2.28. The van der Waals surface area contributed by atoms with Gasteiger partial charge in [-0.15, -0.1) is 0 Å². The van der Waals surface area contributed by atoms with Crippen LogP contribution in [0.2, 0.25) is 10.0 Å². The molecule has 2 aromatic carbocycles. The van der Waals surface area contributed by atoms with Crippen molar-refractivity contribution in [1.29, 1.82) is 0 Å². The Labute approximate surface area is 139 Å². The molecular formula is C14H9BrCl2N2O2. The molecule has 0 aromatic heterocycles. The lowest BCUT2D eigenvalue weighted by Gasteiger charge is -2.03. The number of hydrogen-bond acceptors (Lipinski definition) is 3. The number of carbonyl (C=O) groups excluding carboxylic acids is 1. The number of hydrogen-bond donors (Lipinski definition) is 2. The smallest absolute Gasteiger partial charge is 0.272 e. The number of phenolic OH excluding ortho intramolecular Hbond substituents is 1. The summed E-state index contributed by atoms with van der Waals surface area (Å²) in [5.41, 5.74) is 3.01. The van der Waals surface area contributed by atoms with Gasteiger partial charge in [0.1, 0.15) is 5.75 Å². The number of rotatable bonds is 3. The normalized spacial score (nSPS) is 10.8. The number of phenols is 1. The van der Waals surface area contributed by atoms with Gasteiger partial charge in [-0.25, -0.2) is 5.43 Å². The van der Waals surface area contributed by atoms with E-state index in [1.54, 1.807) is 18.2 Å². The number of benzene rings is 2. The number of halogens is 3. The zero-order valence-electron chi connectivity index (χ0n) is 10.5. The van der Waals surface area contributed by atoms with Crippen LogP contribution in [0.25, 0.3) is 0 Å². The molecule has 4 nitrogen and oxygen atoms in total. The van der Waals surface area contributed by atoms with Gasteiger partial charge in [0, 0.05) is 15.1 Å². The van der Waals surface area contributed by atoms with Crippen LogP contribution in [-0.4, -0.2) is 17.2 Å². The molecule has 0 spiro atoms. The van der Waals surface area contributed by atoms with Gasteiger partial charge in [-0.3, -0.25) is 4.79 Å². The largest absolute Gasteiger partial charge is 0.507 e. The van der Waals surface area contributed by atoms with Gasteiger partial charge in [-0.1, -0.05) is 39.1 Å². The Bertz CT molecular complexity index is 720. The van der Waals surface area contributed by atoms with Crippen molar-refractivity contribution in [3.05, 3.63) is 62.0 Å². The molecule has 0 atom stereocenters. The first-order chi connectivity index (χ1) is 9.97. The first-order valence-electron chi connectivity index (χ1n) is 5.74. The third-order valence-corrected chi connectivity index (χ3v) is 3.59. The number of hydrazone groups is 1. The molecule has 0 aliphatic heterocycles. The molecule has 0 unspecified atom stereocenters. The highest BCUT2D eigenvalue weighted by molar-refractivity contribution is 9.10. The summed E-state index contributed by atoms with van der Waals surface area (Å²) in [5, 5.41) is 14.1. The zero-order chi connectivity index (χ0) is 15.4. The van der Waals surface area contributed by atoms with Crippen molar-refractivity contribution in [3.8, 4) is 5.75 Å². The molecule has 0 radical (unpaired) electrons. The fraction of sp³-hybridized carbons (Fsp3) is 0. The molecule has 7 heteroatoms. The standard InChI is InChI=1S/C14H9BrCl2N2O2/c15-9-1-4-13(20)8(5-9)7-18-19-14(21)11-6-10(16)2-3-12(11)17/h1-7,20H,(H,19,21). The van der Waals surface area contributed by atoms with Crippen molar-refractivity contribution in [1.82, 2.24) is 5.43 Å². The second kappa shape index (κ2) is 6.93. The van der Waals surface area contributed by atoms with E-state index in [1.165, 1.54) is 24.4 Å². The minimum atomic E-state index is -0.492. The Balaban J connectivity index is 2.12. The van der Waals surface area contributed by atoms with Crippen molar-refractivity contribution in [3.63, 3.8) is 0 Å². The molecule has 1 amide bonds. The van der Waals surface area contributed by atoms with E-state index >= 15 is 0 Å². The summed E-state index contributed by atoms with van der Waals surface area (Å²) >= 11 is 15.0. The maximum atomic E-state index is 11.9. The molecule has 0 saturated carbocycles. The van der Waals surface area contributed by atoms with Crippen LogP contribution in [0.3, 0.4) is 0 Å². The van der Waals surface area contributed by atoms with Gasteiger partial charge in [0.15, 0.2) is 0 Å². The van der Waals surface area contributed by atoms with E-state index in [0.29, 0.717) is 10.6 Å². The Hall–Kier alpha value is -1.56. The molecule has 2 N–H and O–H groups in total. The van der Waals surface area contributed by atoms with Gasteiger partial charge >= 0.3 is 0 Å². The second-order valence-electron chi connectivity index (χ2n) is 4.03. The molecule has 0 fully saturated rings. The van der Waals surface area contributed by atoms with E-state index in [-0.39, 0.29) is 16.3 Å². The van der Waals surface area contributed by atoms with Crippen LogP contribution in [0, 0.1) is 0 Å². The van der Waals surface area contributed by atoms with Gasteiger partial charge in [-0.2, -0.15) is 5.10 Å². The third-order valence-electron chi connectivity index (χ3n) is 2.53. The molecule has 0 heterocycles. The lowest BCUT2D eigenvalue weighted by atomic mass is 10.2. The highest BCUT2D eigenvalue weighted by Gasteiger charge is 2.10. The Morgan fingerprint density at radius 1 is 1.24 bits per heavy atom. The van der Waals surface area contributed by atoms with Gasteiger partial charge in [-0.05, 0) is 36.4 Å². The summed E-state index contributed by atoms with van der Waals surface area (Å²) in [6.07, 6.45) is 1.33. The van der Waals surface area contributed by atoms with Gasteiger partial charge in [0.05, 0.1) is 16.8 Å². The van der Waals surface area contributed by atoms with E-state index in [4.69, 9.17) is 23.2 Å². The predicted molar refractivity (Wildman–Crippen MR) is 87.3 cm³/mol. The minimum Gasteiger partial charge on any atom is -0.507 e. The first-order valence-corrected chi connectivity index (χ1v) is 7.29. The number of carbonyl (C=O) groups is 1. The summed E-state index contributed by atoms with van der Waals surface area (Å²) in [6, 6.07) is 9.44. The minimum absolute atomic E-state index is 0.0528. The highest BCUT2D eigenvalue weighted by atomic mass is 79.9. The lowest BCUT2D eigenvalue weighted by molar-refractivity contribution is 0.0955. The van der Waals surface area contributed by atoms with Crippen molar-refractivity contribution in [2.45, 2.75) is 0 Å². The number of nitrogens with zero attached hydrogens (tertiary/aromatic N) is 1. The first kappa shape index (κ1) is 15.8. The van der Waals surface area contributed by atoms with Crippen LogP contribution < -0.4 is 5.43 Å². The van der Waals surface area contributed by atoms with Gasteiger partial charge in [0.25, 0.3) is 5.91 Å². The van der Waals surface area contributed by atoms with E-state index < -0.39 is 5.91 Å². The predicted octanol–water partition coefficient (Wildman–Crippen LogP) is 4.23. The molecule has 0 saturated heterocycles. The van der Waals surface area contributed by atoms with Crippen LogP contribution >= 0.6 is 39.1 Å². The average molecular weight is 388 g/mol. The number of aromatic hydroxyl groups is 1. The highest BCUT2D eigenvalue weighted by Crippen LogP contribution is 2.21. The van der Waals surface area contributed by atoms with Crippen molar-refractivity contribution in [2.24, 2.45) is 5.10 Å². The fourth-order valence-electron chi connectivity index (χ4n) is 1.52. The van der Waals surface area contributed by atoms with Crippen LogP contribution in [0.5, 0.6) is 5.75 Å². The molecular weight excluding hydrogens is 379 g/mol. The van der Waals surface area contributed by atoms with Gasteiger partial charge < -0.3 is 5.11 Å². The Morgan fingerprint density at radius 2 is 2.00 bits per heavy atom. The average Bonchev–Trinajstić information content (AvgIpc) is 2.45. The van der Waals surface area contributed by atoms with Crippen molar-refractivity contribution in [2.75, 3.05) is 0 Å². The van der Waals surface area contributed by atoms with Crippen LogP contribution in [0.15, 0.2) is 46.0 Å². The van der Waals surface area contributed by atoms with Crippen LogP contribution in [0.1, 0.15) is 15.9 Å². The molecule has 0 aliphatic carbocycles. The maximum absolute atomic E-state index is 11.9. The van der Waals surface area contributed by atoms with Crippen LogP contribution in [0.4, 0.5) is 0 Å². The van der Waals surface area contributed by atoms with E-state index in [0.717, 1.165) is 4.47 Å². The van der Waals surface area contributed by atoms with Crippen molar-refractivity contribution < 1.29 is 9.90 Å². The van der Waals surface area contributed by atoms with E-state index in [1.807, 2.05) is 0 Å². The quantitative estimate of drug-likeness (QED) is 0.611. The summed E-state index contributed by atoms with van der Waals surface area (Å²) < 4.78 is 0.783. The maximum Gasteiger partial charge on any atom is 0.272 e. The Morgan fingerprint density at radius 3 is 2.76 bits per heavy atom. The molecule has 2 aromatic rings. The molecule has 0 bridgehead atoms. The summed E-state index contributed by atoms with van der Waals surface area (Å²) in [4.78, 5) is 11.9. The second-order valence-corrected chi connectivity index (χ2v) is 5.79. The van der Waals surface area contributed by atoms with Crippen LogP contribution in [-0.2, 0) is 0 Å². The summed E-state index contributed by atoms with van der Waals surface area (Å²) in [6.45, 7) is 0. The monoisotopic (exact) mass is 386 g/mol. The topological polar surface area (TPSA) is 61.7 Å². The SMILES string of the molecule is O=C(NN=Cc1cc(Br)ccc1O)c1cc(Cl)ccc1Cl. The summed E-state index contributed by atoms with van der Waals surface area (Å²) in [7, 11) is 0. The van der Waals surface area contributed by atoms with Gasteiger partial charge in [0.2, 0.25) is 0 Å². The summed E-state index contributed by atoms with van der Waals surface area (Å²) in [5.74, 6) is -0.440. The van der Waals surface area contributed by atoms with E-state index in [2.05, 4.69) is 26.5 Å².